The Labute approximate surface area is 117 Å². The van der Waals surface area contributed by atoms with Crippen molar-refractivity contribution >= 4 is 5.97 Å². The Bertz CT molecular complexity index is 431. The van der Waals surface area contributed by atoms with Crippen LogP contribution in [-0.4, -0.2) is 56.5 Å². The number of hydrogen-bond acceptors (Lipinski definition) is 4. The first kappa shape index (κ1) is 16.6. The number of benzene rings is 1. The van der Waals surface area contributed by atoms with Crippen molar-refractivity contribution in [2.24, 2.45) is 0 Å². The normalized spacial score (nSPS) is 11.0. The van der Waals surface area contributed by atoms with E-state index in [1.807, 2.05) is 4.90 Å². The number of ether oxygens (including phenoxy) is 2. The lowest BCUT2D eigenvalue weighted by Gasteiger charge is -2.22. The lowest BCUT2D eigenvalue weighted by molar-refractivity contribution is 0.0696. The lowest BCUT2D eigenvalue weighted by atomic mass is 10.1. The van der Waals surface area contributed by atoms with Gasteiger partial charge in [0.25, 0.3) is 0 Å². The highest BCUT2D eigenvalue weighted by atomic mass is 19.1. The summed E-state index contributed by atoms with van der Waals surface area (Å²) in [6.07, 6.45) is 0. The van der Waals surface area contributed by atoms with E-state index in [0.29, 0.717) is 38.4 Å². The summed E-state index contributed by atoms with van der Waals surface area (Å²) in [7, 11) is 3.22. The minimum atomic E-state index is -1.13. The number of carboxylic acid groups (broad SMARTS) is 1. The molecule has 0 saturated carbocycles. The van der Waals surface area contributed by atoms with Gasteiger partial charge in [0.2, 0.25) is 0 Å². The molecular formula is C14H20FNO4. The lowest BCUT2D eigenvalue weighted by Crippen LogP contribution is -2.30. The summed E-state index contributed by atoms with van der Waals surface area (Å²) < 4.78 is 23.9. The zero-order valence-corrected chi connectivity index (χ0v) is 11.8. The number of nitrogens with zero attached hydrogens (tertiary/aromatic N) is 1. The largest absolute Gasteiger partial charge is 0.478 e. The maximum absolute atomic E-state index is 13.9. The van der Waals surface area contributed by atoms with Crippen LogP contribution >= 0.6 is 0 Å². The van der Waals surface area contributed by atoms with Gasteiger partial charge in [-0.05, 0) is 12.1 Å². The van der Waals surface area contributed by atoms with E-state index < -0.39 is 11.8 Å². The van der Waals surface area contributed by atoms with E-state index in [1.165, 1.54) is 12.1 Å². The molecule has 112 valence electrons. The number of methoxy groups -OCH3 is 2. The fraction of sp³-hybridized carbons (Fsp3) is 0.500. The van der Waals surface area contributed by atoms with Crippen LogP contribution in [0.2, 0.25) is 0 Å². The fourth-order valence-corrected chi connectivity index (χ4v) is 1.76. The molecule has 0 amide bonds. The van der Waals surface area contributed by atoms with Gasteiger partial charge in [-0.1, -0.05) is 6.07 Å². The molecule has 5 nitrogen and oxygen atoms in total. The zero-order chi connectivity index (χ0) is 15.0. The van der Waals surface area contributed by atoms with Gasteiger partial charge in [-0.25, -0.2) is 9.18 Å². The van der Waals surface area contributed by atoms with Crippen LogP contribution in [0, 0.1) is 5.82 Å². The van der Waals surface area contributed by atoms with Crippen LogP contribution in [0.3, 0.4) is 0 Å². The van der Waals surface area contributed by atoms with Crippen LogP contribution in [0.15, 0.2) is 18.2 Å². The van der Waals surface area contributed by atoms with Gasteiger partial charge in [0.1, 0.15) is 5.82 Å². The van der Waals surface area contributed by atoms with Crippen molar-refractivity contribution in [3.05, 3.63) is 35.1 Å². The Hall–Kier alpha value is -1.50. The highest BCUT2D eigenvalue weighted by Crippen LogP contribution is 2.13. The number of rotatable bonds is 9. The molecular weight excluding hydrogens is 265 g/mol. The van der Waals surface area contributed by atoms with E-state index in [2.05, 4.69) is 0 Å². The van der Waals surface area contributed by atoms with Gasteiger partial charge in [-0.15, -0.1) is 0 Å². The molecule has 0 heterocycles. The minimum Gasteiger partial charge on any atom is -0.478 e. The monoisotopic (exact) mass is 285 g/mol. The Morgan fingerprint density at radius 1 is 1.25 bits per heavy atom. The molecule has 1 rings (SSSR count). The van der Waals surface area contributed by atoms with Crippen LogP contribution < -0.4 is 0 Å². The highest BCUT2D eigenvalue weighted by molar-refractivity contribution is 5.87. The standard InChI is InChI=1S/C14H20FNO4/c1-19-7-5-16(6-8-20-2)10-12-4-3-11(14(17)18)9-13(12)15/h3-4,9H,5-8,10H2,1-2H3,(H,17,18). The smallest absolute Gasteiger partial charge is 0.335 e. The average molecular weight is 285 g/mol. The van der Waals surface area contributed by atoms with Crippen molar-refractivity contribution in [2.75, 3.05) is 40.5 Å². The van der Waals surface area contributed by atoms with Crippen molar-refractivity contribution < 1.29 is 23.8 Å². The molecule has 0 bridgehead atoms. The fourth-order valence-electron chi connectivity index (χ4n) is 1.76. The molecule has 0 spiro atoms. The van der Waals surface area contributed by atoms with Crippen molar-refractivity contribution in [3.8, 4) is 0 Å². The van der Waals surface area contributed by atoms with Crippen LogP contribution in [0.4, 0.5) is 4.39 Å². The molecule has 1 N–H and O–H groups in total. The van der Waals surface area contributed by atoms with Gasteiger partial charge in [0.05, 0.1) is 18.8 Å². The summed E-state index contributed by atoms with van der Waals surface area (Å²) in [5.41, 5.74) is 0.411. The Morgan fingerprint density at radius 3 is 2.30 bits per heavy atom. The zero-order valence-electron chi connectivity index (χ0n) is 11.8. The first-order chi connectivity index (χ1) is 9.58. The molecule has 20 heavy (non-hydrogen) atoms. The van der Waals surface area contributed by atoms with Gasteiger partial charge in [0, 0.05) is 39.4 Å². The third-order valence-corrected chi connectivity index (χ3v) is 2.92. The van der Waals surface area contributed by atoms with E-state index in [9.17, 15) is 9.18 Å². The molecule has 0 aliphatic rings. The second-order valence-corrected chi connectivity index (χ2v) is 4.37. The first-order valence-electron chi connectivity index (χ1n) is 6.30. The number of carbonyl (C=O) groups is 1. The molecule has 0 atom stereocenters. The second-order valence-electron chi connectivity index (χ2n) is 4.37. The Kier molecular flexibility index (Phi) is 7.14. The molecule has 0 aliphatic carbocycles. The molecule has 1 aromatic carbocycles. The van der Waals surface area contributed by atoms with Crippen molar-refractivity contribution in [3.63, 3.8) is 0 Å². The van der Waals surface area contributed by atoms with Gasteiger partial charge < -0.3 is 14.6 Å². The molecule has 0 saturated heterocycles. The van der Waals surface area contributed by atoms with Gasteiger partial charge in [-0.3, -0.25) is 4.90 Å². The summed E-state index contributed by atoms with van der Waals surface area (Å²) in [5, 5.41) is 8.80. The van der Waals surface area contributed by atoms with E-state index in [1.54, 1.807) is 14.2 Å². The number of halogens is 1. The van der Waals surface area contributed by atoms with Crippen LogP contribution in [-0.2, 0) is 16.0 Å². The van der Waals surface area contributed by atoms with Crippen molar-refractivity contribution in [1.82, 2.24) is 4.90 Å². The van der Waals surface area contributed by atoms with Gasteiger partial charge >= 0.3 is 5.97 Å². The van der Waals surface area contributed by atoms with E-state index >= 15 is 0 Å². The Morgan fingerprint density at radius 2 is 1.85 bits per heavy atom. The van der Waals surface area contributed by atoms with Gasteiger partial charge in [0.15, 0.2) is 0 Å². The molecule has 6 heteroatoms. The summed E-state index contributed by atoms with van der Waals surface area (Å²) in [6, 6.07) is 3.96. The molecule has 1 aromatic rings. The van der Waals surface area contributed by atoms with E-state index in [4.69, 9.17) is 14.6 Å². The molecule has 0 unspecified atom stereocenters. The minimum absolute atomic E-state index is 0.0495. The summed E-state index contributed by atoms with van der Waals surface area (Å²) >= 11 is 0. The third kappa shape index (κ3) is 5.24. The Balaban J connectivity index is 2.73. The predicted octanol–water partition coefficient (Wildman–Crippen LogP) is 1.62. The SMILES string of the molecule is COCCN(CCOC)Cc1ccc(C(=O)O)cc1F. The topological polar surface area (TPSA) is 59.0 Å². The van der Waals surface area contributed by atoms with Crippen molar-refractivity contribution in [2.45, 2.75) is 6.54 Å². The number of aromatic carboxylic acids is 1. The number of hydrogen-bond donors (Lipinski definition) is 1. The van der Waals surface area contributed by atoms with Crippen LogP contribution in [0.25, 0.3) is 0 Å². The summed E-state index contributed by atoms with van der Waals surface area (Å²) in [5.74, 6) is -1.64. The maximum Gasteiger partial charge on any atom is 0.335 e. The molecule has 0 aliphatic heterocycles. The van der Waals surface area contributed by atoms with Gasteiger partial charge in [-0.2, -0.15) is 0 Å². The predicted molar refractivity (Wildman–Crippen MR) is 72.4 cm³/mol. The van der Waals surface area contributed by atoms with Crippen LogP contribution in [0.5, 0.6) is 0 Å². The third-order valence-electron chi connectivity index (χ3n) is 2.92. The second kappa shape index (κ2) is 8.63. The van der Waals surface area contributed by atoms with E-state index in [0.717, 1.165) is 6.07 Å². The van der Waals surface area contributed by atoms with Crippen LogP contribution in [0.1, 0.15) is 15.9 Å². The molecule has 0 radical (unpaired) electrons. The van der Waals surface area contributed by atoms with Crippen molar-refractivity contribution in [1.29, 1.82) is 0 Å². The molecule has 0 fully saturated rings. The average Bonchev–Trinajstić information content (AvgIpc) is 2.43. The molecule has 0 aromatic heterocycles. The number of carboxylic acids is 1. The quantitative estimate of drug-likeness (QED) is 0.747. The maximum atomic E-state index is 13.9. The van der Waals surface area contributed by atoms with E-state index in [-0.39, 0.29) is 5.56 Å². The summed E-state index contributed by atoms with van der Waals surface area (Å²) in [6.45, 7) is 2.77. The highest BCUT2D eigenvalue weighted by Gasteiger charge is 2.12. The first-order valence-corrected chi connectivity index (χ1v) is 6.30. The summed E-state index contributed by atoms with van der Waals surface area (Å²) in [4.78, 5) is 12.8.